The minimum atomic E-state index is -0.476. The second kappa shape index (κ2) is 2.46. The third-order valence-corrected chi connectivity index (χ3v) is 2.15. The smallest absolute Gasteiger partial charge is 0.276 e. The Balaban J connectivity index is 2.56. The molecule has 0 aliphatic carbocycles. The molecule has 6 heteroatoms. The zero-order valence-electron chi connectivity index (χ0n) is 7.48. The first-order valence-corrected chi connectivity index (χ1v) is 3.92. The zero-order chi connectivity index (χ0) is 9.59. The Hall–Kier alpha value is -1.56. The van der Waals surface area contributed by atoms with Crippen molar-refractivity contribution in [3.63, 3.8) is 0 Å². The molecule has 1 aliphatic heterocycles. The van der Waals surface area contributed by atoms with Gasteiger partial charge in [-0.05, 0) is 0 Å². The lowest BCUT2D eigenvalue weighted by atomic mass is 10.3. The number of nitrogens with one attached hydrogen (secondary N) is 1. The van der Waals surface area contributed by atoms with Crippen molar-refractivity contribution >= 4 is 11.7 Å². The van der Waals surface area contributed by atoms with E-state index < -0.39 is 6.29 Å². The van der Waals surface area contributed by atoms with E-state index in [1.54, 1.807) is 15.8 Å². The number of carbonyl (C=O) groups excluding carboxylic acids is 1. The molecule has 0 fully saturated rings. The summed E-state index contributed by atoms with van der Waals surface area (Å²) in [6.45, 7) is 0. The molecule has 3 N–H and O–H groups in total. The topological polar surface area (TPSA) is 76.2 Å². The van der Waals surface area contributed by atoms with Crippen LogP contribution in [0.25, 0.3) is 0 Å². The average molecular weight is 181 g/mol. The predicted molar refractivity (Wildman–Crippen MR) is 47.1 cm³/mol. The van der Waals surface area contributed by atoms with Gasteiger partial charge in [-0.3, -0.25) is 10.5 Å². The third kappa shape index (κ3) is 0.988. The van der Waals surface area contributed by atoms with Crippen LogP contribution in [0.5, 0.6) is 0 Å². The molecule has 0 bridgehead atoms. The molecule has 1 aliphatic rings. The summed E-state index contributed by atoms with van der Waals surface area (Å²) in [6, 6.07) is 0. The van der Waals surface area contributed by atoms with Gasteiger partial charge in [0.2, 0.25) is 0 Å². The number of aromatic nitrogens is 2. The van der Waals surface area contributed by atoms with Gasteiger partial charge in [-0.2, -0.15) is 0 Å². The Kier molecular flexibility index (Phi) is 1.53. The van der Waals surface area contributed by atoms with Crippen molar-refractivity contribution in [2.24, 2.45) is 12.8 Å². The van der Waals surface area contributed by atoms with Gasteiger partial charge >= 0.3 is 0 Å². The number of hydrogen-bond acceptors (Lipinski definition) is 4. The summed E-state index contributed by atoms with van der Waals surface area (Å²) in [5, 5.41) is 2.59. The van der Waals surface area contributed by atoms with Crippen LogP contribution in [0.4, 0.5) is 5.82 Å². The van der Waals surface area contributed by atoms with Gasteiger partial charge in [-0.25, -0.2) is 4.98 Å². The number of aryl methyl sites for hydroxylation is 1. The van der Waals surface area contributed by atoms with Crippen molar-refractivity contribution in [2.45, 2.75) is 6.29 Å². The molecule has 0 aromatic carbocycles. The highest BCUT2D eigenvalue weighted by Crippen LogP contribution is 2.21. The molecule has 1 atom stereocenters. The number of imidazole rings is 1. The molecular formula is C7H11N5O. The Morgan fingerprint density at radius 3 is 3.00 bits per heavy atom. The van der Waals surface area contributed by atoms with Gasteiger partial charge in [0, 0.05) is 14.1 Å². The van der Waals surface area contributed by atoms with Crippen molar-refractivity contribution < 1.29 is 4.79 Å². The number of nitrogens with zero attached hydrogens (tertiary/aromatic N) is 3. The van der Waals surface area contributed by atoms with Crippen LogP contribution in [0.3, 0.4) is 0 Å². The molecule has 0 saturated carbocycles. The molecule has 13 heavy (non-hydrogen) atoms. The molecule has 1 aromatic rings. The zero-order valence-corrected chi connectivity index (χ0v) is 7.48. The summed E-state index contributed by atoms with van der Waals surface area (Å²) in [4.78, 5) is 17.1. The molecule has 1 unspecified atom stereocenters. The Morgan fingerprint density at radius 2 is 2.31 bits per heavy atom. The van der Waals surface area contributed by atoms with Crippen LogP contribution in [-0.2, 0) is 7.05 Å². The van der Waals surface area contributed by atoms with E-state index in [4.69, 9.17) is 5.73 Å². The Morgan fingerprint density at radius 1 is 1.62 bits per heavy atom. The van der Waals surface area contributed by atoms with Gasteiger partial charge in [0.25, 0.3) is 5.91 Å². The van der Waals surface area contributed by atoms with Crippen LogP contribution >= 0.6 is 0 Å². The number of rotatable bonds is 0. The number of fused-ring (bicyclic) bond motifs is 1. The molecule has 0 radical (unpaired) electrons. The van der Waals surface area contributed by atoms with Crippen LogP contribution in [0.15, 0.2) is 6.33 Å². The lowest BCUT2D eigenvalue weighted by Crippen LogP contribution is -2.56. The monoisotopic (exact) mass is 181 g/mol. The van der Waals surface area contributed by atoms with Crippen molar-refractivity contribution in [3.05, 3.63) is 12.0 Å². The second-order valence-corrected chi connectivity index (χ2v) is 3.06. The first-order chi connectivity index (χ1) is 6.11. The predicted octanol–water partition coefficient (Wildman–Crippen LogP) is -1.16. The second-order valence-electron chi connectivity index (χ2n) is 3.06. The van der Waals surface area contributed by atoms with E-state index in [1.165, 1.54) is 0 Å². The van der Waals surface area contributed by atoms with Crippen LogP contribution in [-0.4, -0.2) is 28.8 Å². The largest absolute Gasteiger partial charge is 0.326 e. The maximum Gasteiger partial charge on any atom is 0.276 e. The van der Waals surface area contributed by atoms with E-state index in [9.17, 15) is 4.79 Å². The maximum atomic E-state index is 11.4. The minimum absolute atomic E-state index is 0.221. The summed E-state index contributed by atoms with van der Waals surface area (Å²) in [5.41, 5.74) is 6.09. The first kappa shape index (κ1) is 8.06. The van der Waals surface area contributed by atoms with Gasteiger partial charge < -0.3 is 14.8 Å². The van der Waals surface area contributed by atoms with Crippen molar-refractivity contribution in [2.75, 3.05) is 11.9 Å². The molecule has 2 heterocycles. The van der Waals surface area contributed by atoms with Crippen molar-refractivity contribution in [1.82, 2.24) is 14.9 Å². The van der Waals surface area contributed by atoms with Crippen LogP contribution in [0.2, 0.25) is 0 Å². The lowest BCUT2D eigenvalue weighted by molar-refractivity contribution is 0.0924. The molecule has 1 aromatic heterocycles. The van der Waals surface area contributed by atoms with Crippen LogP contribution < -0.4 is 16.0 Å². The van der Waals surface area contributed by atoms with Crippen LogP contribution in [0.1, 0.15) is 10.5 Å². The molecule has 2 rings (SSSR count). The quantitative estimate of drug-likeness (QED) is 0.529. The number of nitrogens with two attached hydrogens (primary N) is 1. The fourth-order valence-electron chi connectivity index (χ4n) is 1.43. The van der Waals surface area contributed by atoms with Gasteiger partial charge in [0.1, 0.15) is 5.82 Å². The van der Waals surface area contributed by atoms with Crippen molar-refractivity contribution in [3.8, 4) is 0 Å². The van der Waals surface area contributed by atoms with Gasteiger partial charge in [0.05, 0.1) is 6.33 Å². The number of hydrogen-bond donors (Lipinski definition) is 2. The highest BCUT2D eigenvalue weighted by molar-refractivity contribution is 5.99. The number of carbonyl (C=O) groups is 1. The highest BCUT2D eigenvalue weighted by atomic mass is 16.2. The Labute approximate surface area is 75.3 Å². The number of anilines is 1. The van der Waals surface area contributed by atoms with E-state index in [0.29, 0.717) is 5.69 Å². The van der Waals surface area contributed by atoms with E-state index in [0.717, 1.165) is 5.82 Å². The first-order valence-electron chi connectivity index (χ1n) is 3.92. The van der Waals surface area contributed by atoms with E-state index in [2.05, 4.69) is 10.3 Å². The molecular weight excluding hydrogens is 170 g/mol. The molecule has 0 saturated heterocycles. The third-order valence-electron chi connectivity index (χ3n) is 2.15. The molecule has 6 nitrogen and oxygen atoms in total. The molecule has 0 spiro atoms. The van der Waals surface area contributed by atoms with Crippen LogP contribution in [0, 0.1) is 0 Å². The SMILES string of the molecule is CN1c2c(ncn2C)C(=O)NC1N. The standard InChI is InChI=1S/C7H11N5O/c1-11-3-9-4-5(13)10-7(8)12(2)6(4)11/h3,7H,8H2,1-2H3,(H,10,13). The van der Waals surface area contributed by atoms with E-state index >= 15 is 0 Å². The summed E-state index contributed by atoms with van der Waals surface area (Å²) < 4.78 is 1.77. The lowest BCUT2D eigenvalue weighted by Gasteiger charge is -2.31. The van der Waals surface area contributed by atoms with E-state index in [1.807, 2.05) is 14.1 Å². The summed E-state index contributed by atoms with van der Waals surface area (Å²) in [6.07, 6.45) is 1.12. The van der Waals surface area contributed by atoms with Crippen molar-refractivity contribution in [1.29, 1.82) is 0 Å². The average Bonchev–Trinajstić information content (AvgIpc) is 2.44. The normalized spacial score (nSPS) is 21.3. The highest BCUT2D eigenvalue weighted by Gasteiger charge is 2.29. The van der Waals surface area contributed by atoms with Gasteiger partial charge in [-0.15, -0.1) is 0 Å². The summed E-state index contributed by atoms with van der Waals surface area (Å²) >= 11 is 0. The Bertz CT molecular complexity index is 358. The fourth-order valence-corrected chi connectivity index (χ4v) is 1.43. The summed E-state index contributed by atoms with van der Waals surface area (Å²) in [5.74, 6) is 0.525. The van der Waals surface area contributed by atoms with Gasteiger partial charge in [-0.1, -0.05) is 0 Å². The minimum Gasteiger partial charge on any atom is -0.326 e. The summed E-state index contributed by atoms with van der Waals surface area (Å²) in [7, 11) is 3.64. The van der Waals surface area contributed by atoms with E-state index in [-0.39, 0.29) is 5.91 Å². The number of amides is 1. The molecule has 1 amide bonds. The molecule has 70 valence electrons. The maximum absolute atomic E-state index is 11.4. The fraction of sp³-hybridized carbons (Fsp3) is 0.429. The van der Waals surface area contributed by atoms with Gasteiger partial charge in [0.15, 0.2) is 12.0 Å².